The van der Waals surface area contributed by atoms with Gasteiger partial charge in [-0.15, -0.1) is 11.3 Å². The second-order valence-corrected chi connectivity index (χ2v) is 10.1. The Morgan fingerprint density at radius 3 is 2.70 bits per heavy atom. The number of carbonyl (C=O) groups excluding carboxylic acids is 2. The number of aryl methyl sites for hydroxylation is 1. The lowest BCUT2D eigenvalue weighted by molar-refractivity contribution is -0.119. The highest BCUT2D eigenvalue weighted by Crippen LogP contribution is 2.43. The van der Waals surface area contributed by atoms with Gasteiger partial charge in [-0.25, -0.2) is 4.79 Å². The summed E-state index contributed by atoms with van der Waals surface area (Å²) < 4.78 is 5.21. The molecular weight excluding hydrogens is 396 g/mol. The van der Waals surface area contributed by atoms with Gasteiger partial charge in [0.25, 0.3) is 5.91 Å². The number of esters is 1. The Morgan fingerprint density at radius 2 is 2.03 bits per heavy atom. The topological polar surface area (TPSA) is 79.2 Å². The Kier molecular flexibility index (Phi) is 6.33. The molecule has 3 rings (SSSR count). The van der Waals surface area contributed by atoms with Gasteiger partial charge in [-0.2, -0.15) is 5.26 Å². The average Bonchev–Trinajstić information content (AvgIpc) is 3.03. The number of anilines is 1. The molecule has 1 aromatic heterocycles. The van der Waals surface area contributed by atoms with Crippen molar-refractivity contribution in [3.8, 4) is 6.07 Å². The minimum absolute atomic E-state index is 0.208. The van der Waals surface area contributed by atoms with Crippen molar-refractivity contribution in [3.63, 3.8) is 0 Å². The lowest BCUT2D eigenvalue weighted by Crippen LogP contribution is -2.26. The van der Waals surface area contributed by atoms with Gasteiger partial charge in [0.1, 0.15) is 11.1 Å². The van der Waals surface area contributed by atoms with Crippen LogP contribution >= 0.6 is 11.3 Å². The summed E-state index contributed by atoms with van der Waals surface area (Å²) in [4.78, 5) is 25.9. The van der Waals surface area contributed by atoms with Crippen LogP contribution in [0, 0.1) is 36.5 Å². The smallest absolute Gasteiger partial charge is 0.338 e. The Balaban J connectivity index is 1.67. The number of hydrogen-bond donors (Lipinski definition) is 1. The first-order chi connectivity index (χ1) is 14.1. The number of ether oxygens (including phenoxy) is 1. The lowest BCUT2D eigenvalue weighted by atomic mass is 9.72. The zero-order valence-electron chi connectivity index (χ0n) is 18.2. The highest BCUT2D eigenvalue weighted by atomic mass is 32.1. The summed E-state index contributed by atoms with van der Waals surface area (Å²) in [5.74, 6) is -0.404. The van der Waals surface area contributed by atoms with Gasteiger partial charge in [-0.3, -0.25) is 4.79 Å². The summed E-state index contributed by atoms with van der Waals surface area (Å²) in [6.07, 6.45) is 2.83. The highest BCUT2D eigenvalue weighted by Gasteiger charge is 2.32. The summed E-state index contributed by atoms with van der Waals surface area (Å²) >= 11 is 1.47. The molecule has 0 aliphatic heterocycles. The van der Waals surface area contributed by atoms with E-state index in [1.54, 1.807) is 12.1 Å². The third-order valence-corrected chi connectivity index (χ3v) is 7.18. The van der Waals surface area contributed by atoms with Gasteiger partial charge in [0.05, 0.1) is 11.1 Å². The van der Waals surface area contributed by atoms with Crippen LogP contribution in [0.2, 0.25) is 0 Å². The largest absolute Gasteiger partial charge is 0.452 e. The first kappa shape index (κ1) is 22.0. The Hall–Kier alpha value is -2.65. The van der Waals surface area contributed by atoms with E-state index < -0.39 is 11.9 Å². The van der Waals surface area contributed by atoms with Gasteiger partial charge in [0.2, 0.25) is 0 Å². The fourth-order valence-electron chi connectivity index (χ4n) is 3.88. The SMILES string of the molecule is Cc1cccc(C(=O)OCC(=O)Nc2sc3c(c2C#N)CC[C@H](C(C)(C)C)C3)c1C. The van der Waals surface area contributed by atoms with Gasteiger partial charge in [-0.1, -0.05) is 32.9 Å². The zero-order valence-corrected chi connectivity index (χ0v) is 19.0. The standard InChI is InChI=1S/C24H28N2O3S/c1-14-7-6-8-17(15(14)2)23(28)29-13-21(27)26-22-19(12-25)18-10-9-16(24(3,4)5)11-20(18)30-22/h6-8,16H,9-11,13H2,1-5H3,(H,26,27)/t16-/m0/s1. The van der Waals surface area contributed by atoms with Gasteiger partial charge in [0.15, 0.2) is 6.61 Å². The maximum absolute atomic E-state index is 12.4. The Morgan fingerprint density at radius 1 is 1.30 bits per heavy atom. The van der Waals surface area contributed by atoms with Crippen molar-refractivity contribution in [2.45, 2.75) is 53.9 Å². The minimum Gasteiger partial charge on any atom is -0.452 e. The van der Waals surface area contributed by atoms with Crippen molar-refractivity contribution in [3.05, 3.63) is 50.9 Å². The second-order valence-electron chi connectivity index (χ2n) is 9.00. The third-order valence-electron chi connectivity index (χ3n) is 6.01. The van der Waals surface area contributed by atoms with Crippen LogP contribution in [0.3, 0.4) is 0 Å². The van der Waals surface area contributed by atoms with E-state index in [0.717, 1.165) is 36.0 Å². The third kappa shape index (κ3) is 4.57. The van der Waals surface area contributed by atoms with E-state index in [0.29, 0.717) is 22.0 Å². The number of amides is 1. The normalized spacial score (nSPS) is 15.8. The van der Waals surface area contributed by atoms with Crippen molar-refractivity contribution in [2.24, 2.45) is 11.3 Å². The van der Waals surface area contributed by atoms with Crippen LogP contribution in [0.1, 0.15) is 64.7 Å². The van der Waals surface area contributed by atoms with Crippen molar-refractivity contribution in [2.75, 3.05) is 11.9 Å². The number of carbonyl (C=O) groups is 2. The summed E-state index contributed by atoms with van der Waals surface area (Å²) in [7, 11) is 0. The molecule has 1 heterocycles. The number of thiophene rings is 1. The van der Waals surface area contributed by atoms with E-state index in [2.05, 4.69) is 32.2 Å². The van der Waals surface area contributed by atoms with Crippen molar-refractivity contribution in [1.29, 1.82) is 5.26 Å². The van der Waals surface area contributed by atoms with Gasteiger partial charge in [0, 0.05) is 4.88 Å². The molecule has 6 heteroatoms. The van der Waals surface area contributed by atoms with E-state index in [4.69, 9.17) is 4.74 Å². The van der Waals surface area contributed by atoms with Crippen LogP contribution in [-0.2, 0) is 22.4 Å². The molecule has 1 aromatic carbocycles. The van der Waals surface area contributed by atoms with Crippen LogP contribution in [0.4, 0.5) is 5.00 Å². The Bertz CT molecular complexity index is 1020. The molecule has 0 unspecified atom stereocenters. The molecule has 1 aliphatic rings. The molecule has 0 fully saturated rings. The molecule has 0 spiro atoms. The lowest BCUT2D eigenvalue weighted by Gasteiger charge is -2.33. The molecular formula is C24H28N2O3S. The first-order valence-electron chi connectivity index (χ1n) is 10.2. The van der Waals surface area contributed by atoms with Gasteiger partial charge >= 0.3 is 5.97 Å². The van der Waals surface area contributed by atoms with E-state index in [-0.39, 0.29) is 12.0 Å². The molecule has 2 aromatic rings. The van der Waals surface area contributed by atoms with Crippen LogP contribution in [-0.4, -0.2) is 18.5 Å². The summed E-state index contributed by atoms with van der Waals surface area (Å²) in [6, 6.07) is 7.66. The number of hydrogen-bond acceptors (Lipinski definition) is 5. The summed E-state index contributed by atoms with van der Waals surface area (Å²) in [6.45, 7) is 10.1. The molecule has 0 radical (unpaired) electrons. The van der Waals surface area contributed by atoms with E-state index in [1.165, 1.54) is 16.2 Å². The number of nitrogens with zero attached hydrogens (tertiary/aromatic N) is 1. The summed E-state index contributed by atoms with van der Waals surface area (Å²) in [5.41, 5.74) is 4.11. The molecule has 158 valence electrons. The monoisotopic (exact) mass is 424 g/mol. The van der Waals surface area contributed by atoms with Crippen molar-refractivity contribution < 1.29 is 14.3 Å². The number of rotatable bonds is 4. The highest BCUT2D eigenvalue weighted by molar-refractivity contribution is 7.16. The number of fused-ring (bicyclic) bond motifs is 1. The molecule has 0 bridgehead atoms. The molecule has 5 nitrogen and oxygen atoms in total. The minimum atomic E-state index is -0.523. The van der Waals surface area contributed by atoms with Crippen LogP contribution in [0.5, 0.6) is 0 Å². The molecule has 30 heavy (non-hydrogen) atoms. The van der Waals surface area contributed by atoms with Gasteiger partial charge < -0.3 is 10.1 Å². The van der Waals surface area contributed by atoms with Crippen molar-refractivity contribution in [1.82, 2.24) is 0 Å². The van der Waals surface area contributed by atoms with Crippen LogP contribution < -0.4 is 5.32 Å². The average molecular weight is 425 g/mol. The number of nitrogens with one attached hydrogen (secondary N) is 1. The quantitative estimate of drug-likeness (QED) is 0.686. The fourth-order valence-corrected chi connectivity index (χ4v) is 5.17. The maximum Gasteiger partial charge on any atom is 0.338 e. The van der Waals surface area contributed by atoms with E-state index in [9.17, 15) is 14.9 Å². The molecule has 0 saturated carbocycles. The second kappa shape index (κ2) is 8.61. The number of benzene rings is 1. The van der Waals surface area contributed by atoms with Crippen molar-refractivity contribution >= 4 is 28.2 Å². The molecule has 1 N–H and O–H groups in total. The molecule has 1 atom stereocenters. The predicted molar refractivity (Wildman–Crippen MR) is 119 cm³/mol. The van der Waals surface area contributed by atoms with Crippen LogP contribution in [0.25, 0.3) is 0 Å². The zero-order chi connectivity index (χ0) is 22.1. The molecule has 1 amide bonds. The molecule has 0 saturated heterocycles. The molecule has 1 aliphatic carbocycles. The maximum atomic E-state index is 12.4. The fraction of sp³-hybridized carbons (Fsp3) is 0.458. The van der Waals surface area contributed by atoms with E-state index >= 15 is 0 Å². The Labute approximate surface area is 182 Å². The van der Waals surface area contributed by atoms with Gasteiger partial charge in [-0.05, 0) is 67.2 Å². The predicted octanol–water partition coefficient (Wildman–Crippen LogP) is 5.18. The van der Waals surface area contributed by atoms with E-state index in [1.807, 2.05) is 19.9 Å². The summed E-state index contributed by atoms with van der Waals surface area (Å²) in [5, 5.41) is 13.0. The number of nitriles is 1. The first-order valence-corrected chi connectivity index (χ1v) is 11.0. The van der Waals surface area contributed by atoms with Crippen LogP contribution in [0.15, 0.2) is 18.2 Å².